The second-order valence-electron chi connectivity index (χ2n) is 2.85. The van der Waals surface area contributed by atoms with Crippen LogP contribution in [0.5, 0.6) is 0 Å². The van der Waals surface area contributed by atoms with E-state index in [0.29, 0.717) is 11.3 Å². The Morgan fingerprint density at radius 1 is 1.25 bits per heavy atom. The molecule has 0 bridgehead atoms. The molecule has 5 heteroatoms. The molecule has 0 spiro atoms. The lowest BCUT2D eigenvalue weighted by atomic mass is 10.2. The summed E-state index contributed by atoms with van der Waals surface area (Å²) in [5, 5.41) is 19.3. The molecule has 0 radical (unpaired) electrons. The summed E-state index contributed by atoms with van der Waals surface area (Å²) in [6, 6.07) is 8.17. The number of nitrogens with one attached hydrogen (secondary N) is 1. The van der Waals surface area contributed by atoms with Gasteiger partial charge < -0.3 is 10.4 Å². The number of amides is 1. The molecular weight excluding hydrogens is 208 g/mol. The third kappa shape index (κ3) is 3.64. The van der Waals surface area contributed by atoms with E-state index >= 15 is 0 Å². The number of nitriles is 1. The highest BCUT2D eigenvalue weighted by Gasteiger charge is 1.98. The quantitative estimate of drug-likeness (QED) is 0.741. The van der Waals surface area contributed by atoms with E-state index in [1.165, 1.54) is 0 Å². The number of carboxylic acids is 1. The standard InChI is InChI=1S/C11H8N2O3/c12-7-8-1-3-9(4-2-8)13-10(14)5-6-11(15)16/h1-6H,(H,13,14)(H,15,16)/b6-5+. The molecule has 0 atom stereocenters. The smallest absolute Gasteiger partial charge is 0.328 e. The van der Waals surface area contributed by atoms with Crippen molar-refractivity contribution in [3.05, 3.63) is 42.0 Å². The minimum absolute atomic E-state index is 0.485. The molecule has 1 aromatic rings. The fraction of sp³-hybridized carbons (Fsp3) is 0. The normalized spacial score (nSPS) is 9.69. The van der Waals surface area contributed by atoms with Crippen LogP contribution in [0.25, 0.3) is 0 Å². The lowest BCUT2D eigenvalue weighted by Gasteiger charge is -2.00. The lowest BCUT2D eigenvalue weighted by Crippen LogP contribution is -2.08. The summed E-state index contributed by atoms with van der Waals surface area (Å²) in [5.74, 6) is -1.72. The van der Waals surface area contributed by atoms with Gasteiger partial charge in [-0.25, -0.2) is 4.79 Å². The van der Waals surface area contributed by atoms with Crippen LogP contribution in [0.1, 0.15) is 5.56 Å². The molecule has 1 amide bonds. The number of carbonyl (C=O) groups excluding carboxylic acids is 1. The first-order valence-corrected chi connectivity index (χ1v) is 4.34. The number of carbonyl (C=O) groups is 2. The van der Waals surface area contributed by atoms with Crippen LogP contribution in [-0.4, -0.2) is 17.0 Å². The number of benzene rings is 1. The number of anilines is 1. The lowest BCUT2D eigenvalue weighted by molar-refractivity contribution is -0.131. The molecule has 0 unspecified atom stereocenters. The molecule has 1 rings (SSSR count). The fourth-order valence-corrected chi connectivity index (χ4v) is 0.959. The van der Waals surface area contributed by atoms with Gasteiger partial charge in [-0.05, 0) is 24.3 Å². The van der Waals surface area contributed by atoms with Gasteiger partial charge in [-0.3, -0.25) is 4.79 Å². The first-order valence-electron chi connectivity index (χ1n) is 4.34. The third-order valence-electron chi connectivity index (χ3n) is 1.66. The van der Waals surface area contributed by atoms with Crippen molar-refractivity contribution in [3.63, 3.8) is 0 Å². The summed E-state index contributed by atoms with van der Waals surface area (Å²) in [6.07, 6.45) is 1.67. The van der Waals surface area contributed by atoms with Crippen LogP contribution >= 0.6 is 0 Å². The molecular formula is C11H8N2O3. The number of hydrogen-bond donors (Lipinski definition) is 2. The Balaban J connectivity index is 2.64. The third-order valence-corrected chi connectivity index (χ3v) is 1.66. The van der Waals surface area contributed by atoms with Crippen LogP contribution in [0.15, 0.2) is 36.4 Å². The van der Waals surface area contributed by atoms with E-state index in [2.05, 4.69) is 5.32 Å². The molecule has 0 saturated carbocycles. The molecule has 0 fully saturated rings. The highest BCUT2D eigenvalue weighted by atomic mass is 16.4. The van der Waals surface area contributed by atoms with Gasteiger partial charge in [0.2, 0.25) is 5.91 Å². The molecule has 0 saturated heterocycles. The predicted octanol–water partition coefficient (Wildman–Crippen LogP) is 1.14. The van der Waals surface area contributed by atoms with E-state index in [1.807, 2.05) is 6.07 Å². The van der Waals surface area contributed by atoms with Crippen molar-refractivity contribution in [3.8, 4) is 6.07 Å². The van der Waals surface area contributed by atoms with Gasteiger partial charge in [0, 0.05) is 17.8 Å². The summed E-state index contributed by atoms with van der Waals surface area (Å²) in [4.78, 5) is 21.3. The van der Waals surface area contributed by atoms with Crippen molar-refractivity contribution < 1.29 is 14.7 Å². The molecule has 16 heavy (non-hydrogen) atoms. The molecule has 1 aromatic carbocycles. The van der Waals surface area contributed by atoms with Crippen molar-refractivity contribution in [2.75, 3.05) is 5.32 Å². The van der Waals surface area contributed by atoms with E-state index in [-0.39, 0.29) is 0 Å². The van der Waals surface area contributed by atoms with E-state index in [4.69, 9.17) is 10.4 Å². The summed E-state index contributed by atoms with van der Waals surface area (Å²) >= 11 is 0. The van der Waals surface area contributed by atoms with Crippen LogP contribution in [0.3, 0.4) is 0 Å². The number of rotatable bonds is 3. The molecule has 5 nitrogen and oxygen atoms in total. The highest BCUT2D eigenvalue weighted by Crippen LogP contribution is 2.08. The average molecular weight is 216 g/mol. The van der Waals surface area contributed by atoms with Crippen molar-refractivity contribution in [2.24, 2.45) is 0 Å². The molecule has 0 aliphatic rings. The Kier molecular flexibility index (Phi) is 3.81. The maximum absolute atomic E-state index is 11.1. The van der Waals surface area contributed by atoms with Gasteiger partial charge in [-0.1, -0.05) is 0 Å². The first-order chi connectivity index (χ1) is 7.61. The van der Waals surface area contributed by atoms with Crippen molar-refractivity contribution in [1.82, 2.24) is 0 Å². The number of nitrogens with zero attached hydrogens (tertiary/aromatic N) is 1. The summed E-state index contributed by atoms with van der Waals surface area (Å²) in [7, 11) is 0. The number of aliphatic carboxylic acids is 1. The molecule has 0 aliphatic carbocycles. The SMILES string of the molecule is N#Cc1ccc(NC(=O)/C=C/C(=O)O)cc1. The zero-order chi connectivity index (χ0) is 12.0. The van der Waals surface area contributed by atoms with E-state index in [9.17, 15) is 9.59 Å². The number of hydrogen-bond acceptors (Lipinski definition) is 3. The molecule has 80 valence electrons. The van der Waals surface area contributed by atoms with E-state index < -0.39 is 11.9 Å². The Hall–Kier alpha value is -2.61. The minimum atomic E-state index is -1.19. The zero-order valence-corrected chi connectivity index (χ0v) is 8.18. The maximum Gasteiger partial charge on any atom is 0.328 e. The largest absolute Gasteiger partial charge is 0.478 e. The minimum Gasteiger partial charge on any atom is -0.478 e. The Morgan fingerprint density at radius 3 is 2.38 bits per heavy atom. The van der Waals surface area contributed by atoms with Crippen molar-refractivity contribution in [1.29, 1.82) is 5.26 Å². The highest BCUT2D eigenvalue weighted by molar-refractivity contribution is 6.02. The first kappa shape index (κ1) is 11.5. The van der Waals surface area contributed by atoms with Gasteiger partial charge in [0.1, 0.15) is 0 Å². The second-order valence-corrected chi connectivity index (χ2v) is 2.85. The maximum atomic E-state index is 11.1. The molecule has 0 heterocycles. The summed E-state index contributed by atoms with van der Waals surface area (Å²) < 4.78 is 0. The molecule has 0 aromatic heterocycles. The van der Waals surface area contributed by atoms with E-state index in [1.54, 1.807) is 24.3 Å². The fourth-order valence-electron chi connectivity index (χ4n) is 0.959. The van der Waals surface area contributed by atoms with Crippen LogP contribution in [0.2, 0.25) is 0 Å². The van der Waals surface area contributed by atoms with Gasteiger partial charge in [-0.15, -0.1) is 0 Å². The topological polar surface area (TPSA) is 90.2 Å². The summed E-state index contributed by atoms with van der Waals surface area (Å²) in [6.45, 7) is 0. The Bertz CT molecular complexity index is 469. The predicted molar refractivity (Wildman–Crippen MR) is 56.6 cm³/mol. The second kappa shape index (κ2) is 5.32. The van der Waals surface area contributed by atoms with Crippen LogP contribution in [-0.2, 0) is 9.59 Å². The number of carboxylic acid groups (broad SMARTS) is 1. The van der Waals surface area contributed by atoms with Crippen molar-refractivity contribution >= 4 is 17.6 Å². The van der Waals surface area contributed by atoms with Gasteiger partial charge in [-0.2, -0.15) is 5.26 Å². The van der Waals surface area contributed by atoms with Gasteiger partial charge in [0.05, 0.1) is 11.6 Å². The van der Waals surface area contributed by atoms with Gasteiger partial charge in [0.25, 0.3) is 0 Å². The molecule has 2 N–H and O–H groups in total. The Labute approximate surface area is 91.6 Å². The Morgan fingerprint density at radius 2 is 1.88 bits per heavy atom. The van der Waals surface area contributed by atoms with E-state index in [0.717, 1.165) is 12.2 Å². The van der Waals surface area contributed by atoms with Crippen LogP contribution in [0, 0.1) is 11.3 Å². The van der Waals surface area contributed by atoms with Crippen molar-refractivity contribution in [2.45, 2.75) is 0 Å². The van der Waals surface area contributed by atoms with Gasteiger partial charge >= 0.3 is 5.97 Å². The molecule has 0 aliphatic heterocycles. The van der Waals surface area contributed by atoms with Crippen LogP contribution < -0.4 is 5.32 Å². The average Bonchev–Trinajstić information content (AvgIpc) is 2.27. The monoisotopic (exact) mass is 216 g/mol. The van der Waals surface area contributed by atoms with Crippen LogP contribution in [0.4, 0.5) is 5.69 Å². The zero-order valence-electron chi connectivity index (χ0n) is 8.18. The van der Waals surface area contributed by atoms with Gasteiger partial charge in [0.15, 0.2) is 0 Å². The summed E-state index contributed by atoms with van der Waals surface area (Å²) in [5.41, 5.74) is 0.984.